The van der Waals surface area contributed by atoms with Crippen LogP contribution in [0, 0.1) is 0 Å². The lowest BCUT2D eigenvalue weighted by molar-refractivity contribution is -0.138. The summed E-state index contributed by atoms with van der Waals surface area (Å²) in [7, 11) is 0. The summed E-state index contributed by atoms with van der Waals surface area (Å²) < 4.78 is 36.5. The monoisotopic (exact) mass is 251 g/mol. The Kier molecular flexibility index (Phi) is 4.05. The molecule has 1 aromatic rings. The highest BCUT2D eigenvalue weighted by atomic mass is 19.4. The summed E-state index contributed by atoms with van der Waals surface area (Å²) in [6, 6.07) is -0.394. The molecule has 0 saturated heterocycles. The molecular weight excluding hydrogens is 239 g/mol. The zero-order valence-electron chi connectivity index (χ0n) is 9.03. The van der Waals surface area contributed by atoms with Crippen molar-refractivity contribution in [1.82, 2.24) is 20.1 Å². The van der Waals surface area contributed by atoms with Gasteiger partial charge in [0.15, 0.2) is 5.82 Å². The normalized spacial score (nSPS) is 13.5. The third-order valence-electron chi connectivity index (χ3n) is 1.75. The molecule has 3 N–H and O–H groups in total. The molecule has 0 aliphatic rings. The number of rotatable bonds is 4. The number of carbonyl (C=O) groups excluding carboxylic acids is 1. The fourth-order valence-electron chi connectivity index (χ4n) is 0.996. The van der Waals surface area contributed by atoms with Gasteiger partial charge in [-0.05, 0) is 6.92 Å². The van der Waals surface area contributed by atoms with Crippen LogP contribution in [0.2, 0.25) is 0 Å². The van der Waals surface area contributed by atoms with Gasteiger partial charge in [0.25, 0.3) is 0 Å². The van der Waals surface area contributed by atoms with E-state index >= 15 is 0 Å². The largest absolute Gasteiger partial charge is 0.405 e. The van der Waals surface area contributed by atoms with E-state index in [-0.39, 0.29) is 6.54 Å². The molecule has 0 aliphatic carbocycles. The molecule has 1 amide bonds. The number of nitrogens with one attached hydrogen (secondary N) is 1. The molecule has 1 atom stereocenters. The van der Waals surface area contributed by atoms with Crippen LogP contribution < -0.4 is 11.1 Å². The van der Waals surface area contributed by atoms with Gasteiger partial charge in [-0.3, -0.25) is 4.79 Å². The van der Waals surface area contributed by atoms with Gasteiger partial charge in [-0.2, -0.15) is 18.3 Å². The minimum atomic E-state index is -4.42. The summed E-state index contributed by atoms with van der Waals surface area (Å²) in [5.74, 6) is -0.461. The van der Waals surface area contributed by atoms with Crippen LogP contribution in [0.4, 0.5) is 13.2 Å². The number of aromatic nitrogens is 3. The van der Waals surface area contributed by atoms with Crippen LogP contribution in [0.25, 0.3) is 0 Å². The van der Waals surface area contributed by atoms with Gasteiger partial charge in [0.05, 0.1) is 6.04 Å². The van der Waals surface area contributed by atoms with Crippen LogP contribution in [0.1, 0.15) is 18.8 Å². The summed E-state index contributed by atoms with van der Waals surface area (Å²) in [4.78, 5) is 14.9. The molecule has 0 aromatic carbocycles. The second-order valence-electron chi connectivity index (χ2n) is 3.48. The Morgan fingerprint density at radius 3 is 2.76 bits per heavy atom. The second kappa shape index (κ2) is 5.13. The van der Waals surface area contributed by atoms with Crippen LogP contribution in [0.15, 0.2) is 6.33 Å². The molecule has 1 rings (SSSR count). The van der Waals surface area contributed by atoms with E-state index in [0.717, 1.165) is 4.68 Å². The Morgan fingerprint density at radius 1 is 1.65 bits per heavy atom. The third kappa shape index (κ3) is 4.81. The lowest BCUT2D eigenvalue weighted by atomic mass is 10.4. The van der Waals surface area contributed by atoms with E-state index in [1.807, 2.05) is 0 Å². The molecule has 17 heavy (non-hydrogen) atoms. The highest BCUT2D eigenvalue weighted by Crippen LogP contribution is 2.12. The van der Waals surface area contributed by atoms with Crippen LogP contribution in [-0.2, 0) is 11.3 Å². The first kappa shape index (κ1) is 13.4. The molecule has 0 fully saturated rings. The summed E-state index contributed by atoms with van der Waals surface area (Å²) in [6.45, 7) is -0.0279. The van der Waals surface area contributed by atoms with E-state index in [0.29, 0.717) is 5.82 Å². The van der Waals surface area contributed by atoms with Gasteiger partial charge in [-0.1, -0.05) is 0 Å². The number of carbonyl (C=O) groups is 1. The van der Waals surface area contributed by atoms with Crippen LogP contribution >= 0.6 is 0 Å². The lowest BCUT2D eigenvalue weighted by Crippen LogP contribution is -2.35. The van der Waals surface area contributed by atoms with Crippen molar-refractivity contribution in [2.45, 2.75) is 25.7 Å². The highest BCUT2D eigenvalue weighted by Gasteiger charge is 2.27. The first-order chi connectivity index (χ1) is 7.78. The van der Waals surface area contributed by atoms with E-state index in [1.54, 1.807) is 12.2 Å². The molecule has 0 aliphatic heterocycles. The van der Waals surface area contributed by atoms with Gasteiger partial charge in [-0.25, -0.2) is 9.67 Å². The van der Waals surface area contributed by atoms with Crippen molar-refractivity contribution in [2.75, 3.05) is 6.54 Å². The van der Waals surface area contributed by atoms with Gasteiger partial charge >= 0.3 is 6.18 Å². The first-order valence-corrected chi connectivity index (χ1v) is 4.76. The fraction of sp³-hybridized carbons (Fsp3) is 0.625. The number of hydrogen-bond donors (Lipinski definition) is 2. The molecule has 0 radical (unpaired) electrons. The van der Waals surface area contributed by atoms with E-state index in [2.05, 4.69) is 10.1 Å². The summed E-state index contributed by atoms with van der Waals surface area (Å²) in [5, 5.41) is 5.56. The van der Waals surface area contributed by atoms with Crippen LogP contribution in [0.3, 0.4) is 0 Å². The second-order valence-corrected chi connectivity index (χ2v) is 3.48. The highest BCUT2D eigenvalue weighted by molar-refractivity contribution is 5.75. The third-order valence-corrected chi connectivity index (χ3v) is 1.75. The maximum Gasteiger partial charge on any atom is 0.405 e. The van der Waals surface area contributed by atoms with E-state index in [1.165, 1.54) is 6.33 Å². The Hall–Kier alpha value is -1.64. The van der Waals surface area contributed by atoms with Crippen molar-refractivity contribution >= 4 is 5.91 Å². The van der Waals surface area contributed by atoms with Crippen molar-refractivity contribution < 1.29 is 18.0 Å². The number of amides is 1. The van der Waals surface area contributed by atoms with Crippen LogP contribution in [-0.4, -0.2) is 33.4 Å². The van der Waals surface area contributed by atoms with Crippen molar-refractivity contribution in [3.63, 3.8) is 0 Å². The average molecular weight is 251 g/mol. The number of hydrogen-bond acceptors (Lipinski definition) is 4. The fourth-order valence-corrected chi connectivity index (χ4v) is 0.996. The molecule has 1 unspecified atom stereocenters. The summed E-state index contributed by atoms with van der Waals surface area (Å²) in [6.07, 6.45) is -3.18. The number of nitrogens with two attached hydrogens (primary N) is 1. The van der Waals surface area contributed by atoms with Gasteiger partial charge in [0.1, 0.15) is 19.4 Å². The van der Waals surface area contributed by atoms with Crippen molar-refractivity contribution in [3.05, 3.63) is 12.2 Å². The Bertz CT molecular complexity index is 387. The zero-order chi connectivity index (χ0) is 13.1. The molecule has 0 saturated carbocycles. The predicted octanol–water partition coefficient (Wildman–Crippen LogP) is -0.0237. The Morgan fingerprint density at radius 2 is 2.29 bits per heavy atom. The van der Waals surface area contributed by atoms with Gasteiger partial charge in [0, 0.05) is 0 Å². The Labute approximate surface area is 95.0 Å². The van der Waals surface area contributed by atoms with Crippen molar-refractivity contribution in [3.8, 4) is 0 Å². The summed E-state index contributed by atoms with van der Waals surface area (Å²) in [5.41, 5.74) is 5.49. The topological polar surface area (TPSA) is 85.8 Å². The van der Waals surface area contributed by atoms with Crippen molar-refractivity contribution in [2.24, 2.45) is 5.73 Å². The van der Waals surface area contributed by atoms with E-state index < -0.39 is 24.7 Å². The smallest absolute Gasteiger partial charge is 0.345 e. The van der Waals surface area contributed by atoms with Crippen LogP contribution in [0.5, 0.6) is 0 Å². The van der Waals surface area contributed by atoms with Gasteiger partial charge < -0.3 is 11.1 Å². The van der Waals surface area contributed by atoms with Crippen molar-refractivity contribution in [1.29, 1.82) is 0 Å². The summed E-state index contributed by atoms with van der Waals surface area (Å²) >= 11 is 0. The van der Waals surface area contributed by atoms with Gasteiger partial charge in [-0.15, -0.1) is 0 Å². The molecule has 9 heteroatoms. The van der Waals surface area contributed by atoms with E-state index in [9.17, 15) is 18.0 Å². The zero-order valence-corrected chi connectivity index (χ0v) is 9.03. The number of nitrogens with zero attached hydrogens (tertiary/aromatic N) is 3. The van der Waals surface area contributed by atoms with E-state index in [4.69, 9.17) is 5.73 Å². The predicted molar refractivity (Wildman–Crippen MR) is 51.7 cm³/mol. The maximum absolute atomic E-state index is 11.8. The molecular formula is C8H12F3N5O. The Balaban J connectivity index is 2.45. The molecule has 96 valence electrons. The quantitative estimate of drug-likeness (QED) is 0.787. The SMILES string of the molecule is CC(N)c1ncn(CC(=O)NCC(F)(F)F)n1. The molecule has 1 aromatic heterocycles. The molecule has 1 heterocycles. The lowest BCUT2D eigenvalue weighted by Gasteiger charge is -2.07. The first-order valence-electron chi connectivity index (χ1n) is 4.76. The molecule has 6 nitrogen and oxygen atoms in total. The standard InChI is InChI=1S/C8H12F3N5O/c1-5(12)7-14-4-16(15-7)2-6(17)13-3-8(9,10)11/h4-5H,2-3,12H2,1H3,(H,13,17). The number of alkyl halides is 3. The molecule has 0 spiro atoms. The molecule has 0 bridgehead atoms. The average Bonchev–Trinajstić information content (AvgIpc) is 2.62. The minimum absolute atomic E-state index is 0.324. The van der Waals surface area contributed by atoms with Gasteiger partial charge in [0.2, 0.25) is 5.91 Å². The maximum atomic E-state index is 11.8. The minimum Gasteiger partial charge on any atom is -0.345 e. The number of halogens is 3.